The Bertz CT molecular complexity index is 417. The van der Waals surface area contributed by atoms with Crippen LogP contribution in [0, 0.1) is 22.2 Å². The summed E-state index contributed by atoms with van der Waals surface area (Å²) in [6, 6.07) is 0. The van der Waals surface area contributed by atoms with Gasteiger partial charge in [0.1, 0.15) is 0 Å². The van der Waals surface area contributed by atoms with Crippen LogP contribution < -0.4 is 11.5 Å². The lowest BCUT2D eigenvalue weighted by molar-refractivity contribution is 0.0612. The minimum atomic E-state index is -0.142. The van der Waals surface area contributed by atoms with E-state index in [0.29, 0.717) is 5.41 Å². The Labute approximate surface area is 178 Å². The van der Waals surface area contributed by atoms with Crippen molar-refractivity contribution in [2.45, 2.75) is 120 Å². The van der Waals surface area contributed by atoms with Crippen LogP contribution in [0.3, 0.4) is 0 Å². The summed E-state index contributed by atoms with van der Waals surface area (Å²) < 4.78 is 0. The fourth-order valence-electron chi connectivity index (χ4n) is 5.32. The molecule has 0 rings (SSSR count). The van der Waals surface area contributed by atoms with Gasteiger partial charge in [-0.05, 0) is 69.1 Å². The van der Waals surface area contributed by atoms with E-state index in [-0.39, 0.29) is 21.9 Å². The molecule has 0 amide bonds. The summed E-state index contributed by atoms with van der Waals surface area (Å²) >= 11 is 0. The van der Waals surface area contributed by atoms with E-state index in [4.69, 9.17) is 11.5 Å². The summed E-state index contributed by atoms with van der Waals surface area (Å²) in [5.41, 5.74) is 13.2. The molecule has 0 heterocycles. The molecule has 28 heavy (non-hydrogen) atoms. The van der Waals surface area contributed by atoms with Gasteiger partial charge in [-0.15, -0.1) is 0 Å². The van der Waals surface area contributed by atoms with Crippen LogP contribution in [0.5, 0.6) is 0 Å². The van der Waals surface area contributed by atoms with Crippen LogP contribution in [0.25, 0.3) is 0 Å². The van der Waals surface area contributed by atoms with Crippen molar-refractivity contribution in [1.82, 2.24) is 4.90 Å². The van der Waals surface area contributed by atoms with Crippen LogP contribution in [-0.2, 0) is 0 Å². The van der Waals surface area contributed by atoms with Gasteiger partial charge in [-0.25, -0.2) is 0 Å². The first kappa shape index (κ1) is 27.9. The lowest BCUT2D eigenvalue weighted by atomic mass is 9.76. The molecule has 0 atom stereocenters. The van der Waals surface area contributed by atoms with Crippen LogP contribution in [-0.4, -0.2) is 35.6 Å². The molecule has 0 radical (unpaired) electrons. The Hall–Kier alpha value is -0.120. The smallest absolute Gasteiger partial charge is 0.0103 e. The topological polar surface area (TPSA) is 55.3 Å². The van der Waals surface area contributed by atoms with Crippen molar-refractivity contribution in [3.05, 3.63) is 0 Å². The quantitative estimate of drug-likeness (QED) is 0.397. The SMILES string of the molecule is CC(C)CCC(C)(C)CN(CC(C)(C)CC(C)(C)N)CC(C)(C)CC(C)(C)N. The highest BCUT2D eigenvalue weighted by molar-refractivity contribution is 4.90. The van der Waals surface area contributed by atoms with E-state index in [0.717, 1.165) is 38.4 Å². The molecule has 3 nitrogen and oxygen atoms in total. The Kier molecular flexibility index (Phi) is 9.75. The molecular formula is C25H55N3. The molecule has 0 unspecified atom stereocenters. The maximum absolute atomic E-state index is 6.38. The van der Waals surface area contributed by atoms with Crippen molar-refractivity contribution in [3.63, 3.8) is 0 Å². The van der Waals surface area contributed by atoms with Gasteiger partial charge in [0.25, 0.3) is 0 Å². The molecule has 0 bridgehead atoms. The number of nitrogens with two attached hydrogens (primary N) is 2. The number of hydrogen-bond donors (Lipinski definition) is 2. The van der Waals surface area contributed by atoms with E-state index in [1.807, 2.05) is 0 Å². The normalized spacial score (nSPS) is 15.0. The minimum absolute atomic E-state index is 0.142. The third-order valence-electron chi connectivity index (χ3n) is 5.22. The van der Waals surface area contributed by atoms with Crippen LogP contribution in [0.15, 0.2) is 0 Å². The Balaban J connectivity index is 5.41. The van der Waals surface area contributed by atoms with E-state index >= 15 is 0 Å². The first-order valence-electron chi connectivity index (χ1n) is 11.4. The van der Waals surface area contributed by atoms with Crippen molar-refractivity contribution >= 4 is 0 Å². The second-order valence-corrected chi connectivity index (χ2v) is 13.9. The molecule has 0 spiro atoms. The molecule has 3 heteroatoms. The third kappa shape index (κ3) is 14.8. The van der Waals surface area contributed by atoms with Crippen molar-refractivity contribution in [2.75, 3.05) is 19.6 Å². The van der Waals surface area contributed by atoms with Gasteiger partial charge in [-0.2, -0.15) is 0 Å². The van der Waals surface area contributed by atoms with Gasteiger partial charge in [-0.1, -0.05) is 61.8 Å². The van der Waals surface area contributed by atoms with E-state index in [9.17, 15) is 0 Å². The summed E-state index contributed by atoms with van der Waals surface area (Å²) in [4.78, 5) is 2.71. The summed E-state index contributed by atoms with van der Waals surface area (Å²) in [5.74, 6) is 0.761. The third-order valence-corrected chi connectivity index (χ3v) is 5.22. The van der Waals surface area contributed by atoms with Gasteiger partial charge < -0.3 is 16.4 Å². The van der Waals surface area contributed by atoms with Gasteiger partial charge in [0, 0.05) is 30.7 Å². The summed E-state index contributed by atoms with van der Waals surface area (Å²) in [6.07, 6.45) is 4.60. The molecule has 0 saturated carbocycles. The van der Waals surface area contributed by atoms with Crippen molar-refractivity contribution in [2.24, 2.45) is 33.6 Å². The molecule has 0 aromatic heterocycles. The Morgan fingerprint density at radius 1 is 0.607 bits per heavy atom. The van der Waals surface area contributed by atoms with Gasteiger partial charge in [0.15, 0.2) is 0 Å². The van der Waals surface area contributed by atoms with Crippen LogP contribution in [0.4, 0.5) is 0 Å². The summed E-state index contributed by atoms with van der Waals surface area (Å²) in [5, 5.41) is 0. The fraction of sp³-hybridized carbons (Fsp3) is 1.00. The molecule has 170 valence electrons. The molecule has 0 aromatic rings. The molecular weight excluding hydrogens is 342 g/mol. The van der Waals surface area contributed by atoms with Crippen LogP contribution in [0.2, 0.25) is 0 Å². The fourth-order valence-corrected chi connectivity index (χ4v) is 5.32. The van der Waals surface area contributed by atoms with Crippen molar-refractivity contribution in [1.29, 1.82) is 0 Å². The number of hydrogen-bond acceptors (Lipinski definition) is 3. The zero-order chi connectivity index (χ0) is 22.6. The first-order chi connectivity index (χ1) is 12.1. The average Bonchev–Trinajstić information content (AvgIpc) is 2.27. The molecule has 4 N–H and O–H groups in total. The minimum Gasteiger partial charge on any atom is -0.326 e. The van der Waals surface area contributed by atoms with Gasteiger partial charge in [0.05, 0.1) is 0 Å². The highest BCUT2D eigenvalue weighted by atomic mass is 15.1. The highest BCUT2D eigenvalue weighted by Crippen LogP contribution is 2.34. The standard InChI is InChI=1S/C25H55N3/c1-20(2)13-14-21(3,4)17-28(18-22(5,6)15-24(9,10)26)19-23(7,8)16-25(11,12)27/h20H,13-19,26-27H2,1-12H3. The monoisotopic (exact) mass is 397 g/mol. The van der Waals surface area contributed by atoms with Crippen molar-refractivity contribution in [3.8, 4) is 0 Å². The van der Waals surface area contributed by atoms with Crippen molar-refractivity contribution < 1.29 is 0 Å². The molecule has 0 aliphatic rings. The molecule has 0 aliphatic carbocycles. The Morgan fingerprint density at radius 3 is 1.21 bits per heavy atom. The number of nitrogens with zero attached hydrogens (tertiary/aromatic N) is 1. The second kappa shape index (κ2) is 9.79. The molecule has 0 saturated heterocycles. The second-order valence-electron chi connectivity index (χ2n) is 13.9. The zero-order valence-corrected chi connectivity index (χ0v) is 21.6. The molecule has 0 aliphatic heterocycles. The van der Waals surface area contributed by atoms with E-state index in [1.165, 1.54) is 12.8 Å². The van der Waals surface area contributed by atoms with Gasteiger partial charge in [0.2, 0.25) is 0 Å². The van der Waals surface area contributed by atoms with Crippen LogP contribution >= 0.6 is 0 Å². The lowest BCUT2D eigenvalue weighted by Crippen LogP contribution is -2.49. The maximum atomic E-state index is 6.38. The Morgan fingerprint density at radius 2 is 0.929 bits per heavy atom. The maximum Gasteiger partial charge on any atom is 0.0103 e. The highest BCUT2D eigenvalue weighted by Gasteiger charge is 2.34. The lowest BCUT2D eigenvalue weighted by Gasteiger charge is -2.44. The molecule has 0 aromatic carbocycles. The summed E-state index contributed by atoms with van der Waals surface area (Å²) in [7, 11) is 0. The largest absolute Gasteiger partial charge is 0.326 e. The van der Waals surface area contributed by atoms with Gasteiger partial charge >= 0.3 is 0 Å². The first-order valence-corrected chi connectivity index (χ1v) is 11.4. The van der Waals surface area contributed by atoms with Gasteiger partial charge in [-0.3, -0.25) is 0 Å². The van der Waals surface area contributed by atoms with E-state index in [1.54, 1.807) is 0 Å². The van der Waals surface area contributed by atoms with E-state index < -0.39 is 0 Å². The van der Waals surface area contributed by atoms with Crippen LogP contribution in [0.1, 0.15) is 109 Å². The predicted octanol–water partition coefficient (Wildman–Crippen LogP) is 6.06. The summed E-state index contributed by atoms with van der Waals surface area (Å²) in [6.45, 7) is 30.9. The number of rotatable bonds is 13. The van der Waals surface area contributed by atoms with E-state index in [2.05, 4.69) is 88.0 Å². The molecule has 0 fully saturated rings. The zero-order valence-electron chi connectivity index (χ0n) is 21.6. The predicted molar refractivity (Wildman–Crippen MR) is 128 cm³/mol. The average molecular weight is 398 g/mol.